The molecule has 2 saturated heterocycles. The van der Waals surface area contributed by atoms with Crippen LogP contribution >= 0.6 is 0 Å². The lowest BCUT2D eigenvalue weighted by Gasteiger charge is -2.38. The van der Waals surface area contributed by atoms with Crippen LogP contribution in [0.2, 0.25) is 0 Å². The van der Waals surface area contributed by atoms with Gasteiger partial charge in [0.2, 0.25) is 5.91 Å². The highest BCUT2D eigenvalue weighted by Gasteiger charge is 2.48. The van der Waals surface area contributed by atoms with E-state index in [0.29, 0.717) is 17.4 Å². The average Bonchev–Trinajstić information content (AvgIpc) is 3.13. The van der Waals surface area contributed by atoms with Crippen LogP contribution in [0.15, 0.2) is 30.3 Å². The number of nitrogens with zero attached hydrogens (tertiary/aromatic N) is 2. The molecule has 2 aliphatic heterocycles. The third kappa shape index (κ3) is 3.69. The van der Waals surface area contributed by atoms with Crippen LogP contribution < -0.4 is 5.73 Å². The first-order chi connectivity index (χ1) is 13.6. The smallest absolute Gasteiger partial charge is 0.254 e. The van der Waals surface area contributed by atoms with Gasteiger partial charge in [-0.15, -0.1) is 0 Å². The van der Waals surface area contributed by atoms with Crippen molar-refractivity contribution < 1.29 is 9.59 Å². The zero-order chi connectivity index (χ0) is 19.7. The van der Waals surface area contributed by atoms with E-state index < -0.39 is 0 Å². The van der Waals surface area contributed by atoms with Crippen LogP contribution in [0, 0.1) is 11.8 Å². The highest BCUT2D eigenvalue weighted by Crippen LogP contribution is 2.41. The molecule has 4 rings (SSSR count). The van der Waals surface area contributed by atoms with Gasteiger partial charge < -0.3 is 15.5 Å². The minimum absolute atomic E-state index is 0.0267. The van der Waals surface area contributed by atoms with E-state index in [1.54, 1.807) is 0 Å². The summed E-state index contributed by atoms with van der Waals surface area (Å²) < 4.78 is 0. The molecule has 1 saturated carbocycles. The van der Waals surface area contributed by atoms with E-state index in [-0.39, 0.29) is 29.9 Å². The first kappa shape index (κ1) is 19.4. The average molecular weight is 384 g/mol. The molecule has 28 heavy (non-hydrogen) atoms. The van der Waals surface area contributed by atoms with Crippen LogP contribution in [-0.4, -0.2) is 52.8 Å². The molecule has 3 aliphatic rings. The largest absolute Gasteiger partial charge is 0.341 e. The van der Waals surface area contributed by atoms with Crippen molar-refractivity contribution in [1.29, 1.82) is 0 Å². The van der Waals surface area contributed by atoms with Gasteiger partial charge in [0, 0.05) is 30.7 Å². The number of rotatable bonds is 3. The molecule has 1 aromatic rings. The molecule has 2 heterocycles. The zero-order valence-corrected chi connectivity index (χ0v) is 16.9. The first-order valence-corrected chi connectivity index (χ1v) is 11.0. The van der Waals surface area contributed by atoms with Crippen molar-refractivity contribution in [3.8, 4) is 0 Å². The Morgan fingerprint density at radius 2 is 1.71 bits per heavy atom. The van der Waals surface area contributed by atoms with Crippen molar-refractivity contribution in [1.82, 2.24) is 9.80 Å². The van der Waals surface area contributed by atoms with Crippen LogP contribution in [0.3, 0.4) is 0 Å². The molecule has 4 atom stereocenters. The van der Waals surface area contributed by atoms with E-state index >= 15 is 0 Å². The highest BCUT2D eigenvalue weighted by atomic mass is 16.2. The lowest BCUT2D eigenvalue weighted by Crippen LogP contribution is -2.52. The van der Waals surface area contributed by atoms with Gasteiger partial charge in [0.15, 0.2) is 0 Å². The summed E-state index contributed by atoms with van der Waals surface area (Å²) in [4.78, 5) is 30.8. The molecule has 3 fully saturated rings. The van der Waals surface area contributed by atoms with Gasteiger partial charge in [-0.3, -0.25) is 9.59 Å². The highest BCUT2D eigenvalue weighted by molar-refractivity contribution is 5.98. The van der Waals surface area contributed by atoms with Gasteiger partial charge in [0.05, 0.1) is 0 Å². The molecule has 2 amide bonds. The van der Waals surface area contributed by atoms with E-state index in [2.05, 4.69) is 6.92 Å². The molecule has 0 bridgehead atoms. The molecule has 1 aliphatic carbocycles. The summed E-state index contributed by atoms with van der Waals surface area (Å²) in [6.45, 7) is 3.60. The van der Waals surface area contributed by atoms with Gasteiger partial charge in [-0.25, -0.2) is 0 Å². The van der Waals surface area contributed by atoms with Crippen LogP contribution in [-0.2, 0) is 4.79 Å². The van der Waals surface area contributed by atoms with E-state index in [4.69, 9.17) is 5.73 Å². The molecule has 5 nitrogen and oxygen atoms in total. The second-order valence-electron chi connectivity index (χ2n) is 8.96. The minimum atomic E-state index is -0.298. The minimum Gasteiger partial charge on any atom is -0.341 e. The van der Waals surface area contributed by atoms with Crippen LogP contribution in [0.5, 0.6) is 0 Å². The molecular formula is C23H33N3O2. The molecule has 0 aromatic heterocycles. The Morgan fingerprint density at radius 1 is 1.04 bits per heavy atom. The van der Waals surface area contributed by atoms with Crippen molar-refractivity contribution in [3.63, 3.8) is 0 Å². The Labute approximate surface area is 168 Å². The topological polar surface area (TPSA) is 66.6 Å². The Kier molecular flexibility index (Phi) is 5.72. The predicted molar refractivity (Wildman–Crippen MR) is 110 cm³/mol. The number of benzene rings is 1. The summed E-state index contributed by atoms with van der Waals surface area (Å²) in [6, 6.07) is 9.57. The number of hydrogen-bond donors (Lipinski definition) is 1. The number of piperidine rings is 1. The van der Waals surface area contributed by atoms with Crippen molar-refractivity contribution in [2.75, 3.05) is 13.1 Å². The zero-order valence-electron chi connectivity index (χ0n) is 16.9. The number of fused-ring (bicyclic) bond motifs is 1. The Balaban J connectivity index is 1.54. The maximum absolute atomic E-state index is 13.5. The van der Waals surface area contributed by atoms with Crippen molar-refractivity contribution in [2.24, 2.45) is 17.6 Å². The molecule has 2 N–H and O–H groups in total. The van der Waals surface area contributed by atoms with Gasteiger partial charge in [0.1, 0.15) is 6.04 Å². The van der Waals surface area contributed by atoms with E-state index in [1.807, 2.05) is 40.1 Å². The Bertz CT molecular complexity index is 697. The second-order valence-corrected chi connectivity index (χ2v) is 8.96. The maximum atomic E-state index is 13.5. The summed E-state index contributed by atoms with van der Waals surface area (Å²) in [5.41, 5.74) is 6.76. The molecular weight excluding hydrogens is 350 g/mol. The molecule has 1 aromatic carbocycles. The molecule has 4 unspecified atom stereocenters. The fraction of sp³-hybridized carbons (Fsp3) is 0.652. The van der Waals surface area contributed by atoms with Crippen molar-refractivity contribution >= 4 is 11.8 Å². The Morgan fingerprint density at radius 3 is 2.39 bits per heavy atom. The summed E-state index contributed by atoms with van der Waals surface area (Å²) >= 11 is 0. The van der Waals surface area contributed by atoms with Gasteiger partial charge in [-0.05, 0) is 63.0 Å². The normalized spacial score (nSPS) is 29.4. The van der Waals surface area contributed by atoms with Gasteiger partial charge in [-0.1, -0.05) is 31.0 Å². The van der Waals surface area contributed by atoms with E-state index in [1.165, 1.54) is 6.42 Å². The molecule has 0 spiro atoms. The summed E-state index contributed by atoms with van der Waals surface area (Å²) in [5, 5.41) is 0. The molecule has 0 radical (unpaired) electrons. The summed E-state index contributed by atoms with van der Waals surface area (Å²) in [6.07, 6.45) is 7.30. The lowest BCUT2D eigenvalue weighted by atomic mass is 9.84. The third-order valence-electron chi connectivity index (χ3n) is 7.22. The standard InChI is InChI=1S/C23H33N3O2/c1-16(24)17-11-13-25(14-12-17)23(28)21-15-19-9-5-6-10-20(19)26(21)22(27)18-7-3-2-4-8-18/h2-4,7-8,16-17,19-21H,5-6,9-15,24H2,1H3. The van der Waals surface area contributed by atoms with Crippen molar-refractivity contribution in [2.45, 2.75) is 70.0 Å². The SMILES string of the molecule is CC(N)C1CCN(C(=O)C2CC3CCCCC3N2C(=O)c2ccccc2)CC1. The van der Waals surface area contributed by atoms with Gasteiger partial charge in [-0.2, -0.15) is 0 Å². The number of nitrogens with two attached hydrogens (primary N) is 1. The van der Waals surface area contributed by atoms with Gasteiger partial charge >= 0.3 is 0 Å². The molecule has 5 heteroatoms. The van der Waals surface area contributed by atoms with E-state index in [9.17, 15) is 9.59 Å². The van der Waals surface area contributed by atoms with Crippen LogP contribution in [0.1, 0.15) is 62.2 Å². The fourth-order valence-corrected chi connectivity index (χ4v) is 5.56. The van der Waals surface area contributed by atoms with Crippen LogP contribution in [0.4, 0.5) is 0 Å². The van der Waals surface area contributed by atoms with Gasteiger partial charge in [0.25, 0.3) is 5.91 Å². The number of amides is 2. The number of likely N-dealkylation sites (tertiary alicyclic amines) is 2. The third-order valence-corrected chi connectivity index (χ3v) is 7.22. The van der Waals surface area contributed by atoms with E-state index in [0.717, 1.165) is 51.6 Å². The Hall–Kier alpha value is -1.88. The van der Waals surface area contributed by atoms with Crippen molar-refractivity contribution in [3.05, 3.63) is 35.9 Å². The monoisotopic (exact) mass is 383 g/mol. The first-order valence-electron chi connectivity index (χ1n) is 11.0. The summed E-state index contributed by atoms with van der Waals surface area (Å²) in [5.74, 6) is 1.15. The number of hydrogen-bond acceptors (Lipinski definition) is 3. The maximum Gasteiger partial charge on any atom is 0.254 e. The van der Waals surface area contributed by atoms with Crippen LogP contribution in [0.25, 0.3) is 0 Å². The lowest BCUT2D eigenvalue weighted by molar-refractivity contribution is -0.137. The molecule has 152 valence electrons. The quantitative estimate of drug-likeness (QED) is 0.872. The fourth-order valence-electron chi connectivity index (χ4n) is 5.56. The number of carbonyl (C=O) groups excluding carboxylic acids is 2. The summed E-state index contributed by atoms with van der Waals surface area (Å²) in [7, 11) is 0. The number of carbonyl (C=O) groups is 2. The predicted octanol–water partition coefficient (Wildman–Crippen LogP) is 3.05. The second kappa shape index (κ2) is 8.24.